The molecular formula is C13H18F2N4O6. The average molecular weight is 364 g/mol. The molecular weight excluding hydrogens is 346 g/mol. The molecule has 1 unspecified atom stereocenters. The predicted octanol–water partition coefficient (Wildman–Crippen LogP) is -0.726. The quantitative estimate of drug-likeness (QED) is 0.532. The lowest BCUT2D eigenvalue weighted by molar-refractivity contribution is -0.327. The molecule has 3 N–H and O–H groups in total. The van der Waals surface area contributed by atoms with Crippen LogP contribution in [0, 0.1) is 0 Å². The number of nitrogens with zero attached hydrogens (tertiary/aromatic N) is 2. The molecule has 0 saturated carbocycles. The Morgan fingerprint density at radius 3 is 2.72 bits per heavy atom. The maximum atomic E-state index is 13.2. The summed E-state index contributed by atoms with van der Waals surface area (Å²) in [5.74, 6) is -3.05. The molecule has 0 aromatic carbocycles. The molecule has 3 atom stereocenters. The highest BCUT2D eigenvalue weighted by molar-refractivity contribution is 5.88. The van der Waals surface area contributed by atoms with Gasteiger partial charge in [-0.25, -0.2) is 15.1 Å². The summed E-state index contributed by atoms with van der Waals surface area (Å²) in [4.78, 5) is 45.4. The second kappa shape index (κ2) is 6.69. The van der Waals surface area contributed by atoms with Crippen molar-refractivity contribution < 1.29 is 37.9 Å². The number of piperidine rings is 1. The number of fused-ring (bicyclic) bond motifs is 2. The lowest BCUT2D eigenvalue weighted by atomic mass is 10.0. The third-order valence-electron chi connectivity index (χ3n) is 4.43. The van der Waals surface area contributed by atoms with Crippen LogP contribution in [0.1, 0.15) is 19.3 Å². The van der Waals surface area contributed by atoms with Gasteiger partial charge >= 0.3 is 18.1 Å². The number of rotatable bonds is 6. The number of carbonyl (C=O) groups is 3. The van der Waals surface area contributed by atoms with E-state index in [0.29, 0.717) is 11.6 Å². The minimum atomic E-state index is -4.52. The maximum absolute atomic E-state index is 13.2. The van der Waals surface area contributed by atoms with E-state index < -0.39 is 36.1 Å². The molecule has 0 aromatic rings. The number of aliphatic carboxylic acids is 1. The van der Waals surface area contributed by atoms with Crippen LogP contribution in [-0.2, 0) is 19.3 Å². The fourth-order valence-corrected chi connectivity index (χ4v) is 3.12. The number of hydrogen-bond donors (Lipinski definition) is 3. The third kappa shape index (κ3) is 3.50. The van der Waals surface area contributed by atoms with E-state index in [1.807, 2.05) is 0 Å². The number of amides is 3. The van der Waals surface area contributed by atoms with Crippen LogP contribution in [0.15, 0.2) is 0 Å². The number of alkyl halides is 2. The average Bonchev–Trinajstić information content (AvgIpc) is 3.16. The van der Waals surface area contributed by atoms with Crippen molar-refractivity contribution in [1.29, 1.82) is 0 Å². The Hall–Kier alpha value is -2.05. The Kier molecular flexibility index (Phi) is 4.75. The van der Waals surface area contributed by atoms with E-state index in [0.717, 1.165) is 17.9 Å². The SMILES string of the molecule is O=C(NOC1CCNC1)[C@@H]1CC[C@@H]2CN1C(=O)N2OC(F)(F)C(=O)O. The van der Waals surface area contributed by atoms with Gasteiger partial charge in [0.05, 0.1) is 12.1 Å². The van der Waals surface area contributed by atoms with Gasteiger partial charge in [-0.15, -0.1) is 0 Å². The summed E-state index contributed by atoms with van der Waals surface area (Å²) in [6, 6.07) is -2.59. The molecule has 3 heterocycles. The van der Waals surface area contributed by atoms with E-state index in [9.17, 15) is 23.2 Å². The van der Waals surface area contributed by atoms with Crippen LogP contribution >= 0.6 is 0 Å². The lowest BCUT2D eigenvalue weighted by Gasteiger charge is -2.29. The van der Waals surface area contributed by atoms with Crippen molar-refractivity contribution in [3.8, 4) is 0 Å². The first kappa shape index (κ1) is 17.8. The highest BCUT2D eigenvalue weighted by Gasteiger charge is 2.53. The Morgan fingerprint density at radius 2 is 2.08 bits per heavy atom. The van der Waals surface area contributed by atoms with Gasteiger partial charge in [0.1, 0.15) is 6.04 Å². The van der Waals surface area contributed by atoms with Crippen LogP contribution < -0.4 is 10.8 Å². The first-order valence-corrected chi connectivity index (χ1v) is 7.86. The summed E-state index contributed by atoms with van der Waals surface area (Å²) >= 11 is 0. The number of hydrogen-bond acceptors (Lipinski definition) is 6. The van der Waals surface area contributed by atoms with E-state index in [1.165, 1.54) is 0 Å². The molecule has 10 nitrogen and oxygen atoms in total. The number of hydroxylamine groups is 3. The minimum absolute atomic E-state index is 0.00238. The molecule has 3 saturated heterocycles. The standard InChI is InChI=1S/C13H18F2N4O6/c14-13(15,11(21)22)25-19-7-1-2-9(18(6-7)12(19)23)10(20)17-24-8-3-4-16-5-8/h7-9,16H,1-6H2,(H,17,20)(H,21,22)/t7-,8?,9+/m1/s1. The molecule has 0 spiro atoms. The number of carbonyl (C=O) groups excluding carboxylic acids is 2. The number of carboxylic acid groups (broad SMARTS) is 1. The van der Waals surface area contributed by atoms with E-state index in [4.69, 9.17) is 9.94 Å². The molecule has 12 heteroatoms. The summed E-state index contributed by atoms with van der Waals surface area (Å²) in [5.41, 5.74) is 2.30. The summed E-state index contributed by atoms with van der Waals surface area (Å²) in [7, 11) is 0. The van der Waals surface area contributed by atoms with Gasteiger partial charge in [-0.05, 0) is 25.8 Å². The summed E-state index contributed by atoms with van der Waals surface area (Å²) < 4.78 is 26.5. The van der Waals surface area contributed by atoms with Gasteiger partial charge in [-0.3, -0.25) is 9.63 Å². The molecule has 25 heavy (non-hydrogen) atoms. The summed E-state index contributed by atoms with van der Waals surface area (Å²) in [6.45, 7) is 1.37. The Balaban J connectivity index is 1.60. The molecule has 0 radical (unpaired) electrons. The van der Waals surface area contributed by atoms with Crippen LogP contribution in [0.25, 0.3) is 0 Å². The Morgan fingerprint density at radius 1 is 1.32 bits per heavy atom. The van der Waals surface area contributed by atoms with Gasteiger partial charge in [-0.1, -0.05) is 0 Å². The third-order valence-corrected chi connectivity index (χ3v) is 4.43. The first-order valence-electron chi connectivity index (χ1n) is 7.86. The van der Waals surface area contributed by atoms with Crippen molar-refractivity contribution in [1.82, 2.24) is 20.8 Å². The fourth-order valence-electron chi connectivity index (χ4n) is 3.12. The van der Waals surface area contributed by atoms with Gasteiger partial charge in [0.2, 0.25) is 0 Å². The summed E-state index contributed by atoms with van der Waals surface area (Å²) in [5, 5.41) is 11.8. The van der Waals surface area contributed by atoms with Crippen LogP contribution in [0.5, 0.6) is 0 Å². The van der Waals surface area contributed by atoms with E-state index >= 15 is 0 Å². The van der Waals surface area contributed by atoms with Crippen molar-refractivity contribution in [3.05, 3.63) is 0 Å². The first-order chi connectivity index (χ1) is 11.8. The second-order valence-corrected chi connectivity index (χ2v) is 6.12. The Labute approximate surface area is 140 Å². The number of nitrogens with one attached hydrogen (secondary N) is 2. The number of urea groups is 1. The van der Waals surface area contributed by atoms with E-state index in [2.05, 4.69) is 15.6 Å². The maximum Gasteiger partial charge on any atom is 0.476 e. The second-order valence-electron chi connectivity index (χ2n) is 6.12. The molecule has 3 rings (SSSR count). The van der Waals surface area contributed by atoms with Gasteiger partial charge < -0.3 is 15.3 Å². The zero-order valence-electron chi connectivity index (χ0n) is 13.1. The molecule has 0 aromatic heterocycles. The summed E-state index contributed by atoms with van der Waals surface area (Å²) in [6.07, 6.45) is -3.50. The van der Waals surface area contributed by atoms with Crippen molar-refractivity contribution in [2.45, 2.75) is 43.6 Å². The zero-order chi connectivity index (χ0) is 18.2. The van der Waals surface area contributed by atoms with Crippen molar-refractivity contribution in [3.63, 3.8) is 0 Å². The molecule has 3 aliphatic heterocycles. The van der Waals surface area contributed by atoms with Gasteiger partial charge in [0.15, 0.2) is 0 Å². The molecule has 3 aliphatic rings. The predicted molar refractivity (Wildman–Crippen MR) is 74.9 cm³/mol. The van der Waals surface area contributed by atoms with E-state index in [-0.39, 0.29) is 25.5 Å². The Bertz CT molecular complexity index is 571. The van der Waals surface area contributed by atoms with Gasteiger partial charge in [-0.2, -0.15) is 18.7 Å². The molecule has 0 aliphatic carbocycles. The number of halogens is 2. The van der Waals surface area contributed by atoms with Gasteiger partial charge in [0.25, 0.3) is 5.91 Å². The fraction of sp³-hybridized carbons (Fsp3) is 0.769. The largest absolute Gasteiger partial charge is 0.476 e. The number of carboxylic acids is 1. The monoisotopic (exact) mass is 364 g/mol. The lowest BCUT2D eigenvalue weighted by Crippen LogP contribution is -2.50. The van der Waals surface area contributed by atoms with Crippen LogP contribution in [0.2, 0.25) is 0 Å². The normalized spacial score (nSPS) is 29.2. The molecule has 3 amide bonds. The highest BCUT2D eigenvalue weighted by atomic mass is 19.3. The van der Waals surface area contributed by atoms with Crippen LogP contribution in [0.4, 0.5) is 13.6 Å². The minimum Gasteiger partial charge on any atom is -0.475 e. The van der Waals surface area contributed by atoms with Crippen LogP contribution in [0.3, 0.4) is 0 Å². The van der Waals surface area contributed by atoms with Crippen LogP contribution in [-0.4, -0.2) is 76.9 Å². The van der Waals surface area contributed by atoms with Crippen molar-refractivity contribution >= 4 is 17.9 Å². The highest BCUT2D eigenvalue weighted by Crippen LogP contribution is 2.33. The molecule has 2 bridgehead atoms. The topological polar surface area (TPSA) is 120 Å². The van der Waals surface area contributed by atoms with E-state index in [1.54, 1.807) is 0 Å². The van der Waals surface area contributed by atoms with Gasteiger partial charge in [0, 0.05) is 13.1 Å². The zero-order valence-corrected chi connectivity index (χ0v) is 13.1. The molecule has 140 valence electrons. The molecule has 3 fully saturated rings. The van der Waals surface area contributed by atoms with Crippen molar-refractivity contribution in [2.24, 2.45) is 0 Å². The van der Waals surface area contributed by atoms with Crippen molar-refractivity contribution in [2.75, 3.05) is 19.6 Å². The smallest absolute Gasteiger partial charge is 0.475 e.